The Morgan fingerprint density at radius 2 is 1.86 bits per heavy atom. The molecule has 1 aliphatic heterocycles. The first kappa shape index (κ1) is 11.5. The van der Waals surface area contributed by atoms with Crippen molar-refractivity contribution in [1.82, 2.24) is 9.80 Å². The number of nitrogens with zero attached hydrogens (tertiary/aromatic N) is 2. The van der Waals surface area contributed by atoms with E-state index in [1.165, 1.54) is 0 Å². The van der Waals surface area contributed by atoms with Crippen LogP contribution in [0.4, 0.5) is 0 Å². The summed E-state index contributed by atoms with van der Waals surface area (Å²) in [6, 6.07) is 0.348. The zero-order valence-electron chi connectivity index (χ0n) is 10.0. The van der Waals surface area contributed by atoms with E-state index in [4.69, 9.17) is 0 Å². The molecule has 0 spiro atoms. The molecule has 0 aromatic heterocycles. The van der Waals surface area contributed by atoms with Crippen LogP contribution in [0.5, 0.6) is 0 Å². The second-order valence-corrected chi connectivity index (χ2v) is 5.36. The molecule has 1 amide bonds. The second-order valence-electron chi connectivity index (χ2n) is 5.36. The lowest BCUT2D eigenvalue weighted by Gasteiger charge is -2.41. The number of likely N-dealkylation sites (N-methyl/N-ethyl adjacent to an activating group) is 1. The third-order valence-electron chi connectivity index (χ3n) is 2.73. The van der Waals surface area contributed by atoms with Crippen LogP contribution < -0.4 is 0 Å². The van der Waals surface area contributed by atoms with Crippen LogP contribution in [0.1, 0.15) is 27.7 Å². The predicted molar refractivity (Wildman–Crippen MR) is 58.1 cm³/mol. The fraction of sp³-hybridized carbons (Fsp3) is 0.909. The number of rotatable bonds is 0. The Morgan fingerprint density at radius 3 is 2.29 bits per heavy atom. The van der Waals surface area contributed by atoms with Crippen molar-refractivity contribution in [1.29, 1.82) is 0 Å². The fourth-order valence-corrected chi connectivity index (χ4v) is 1.87. The highest BCUT2D eigenvalue weighted by Gasteiger charge is 2.32. The normalized spacial score (nSPS) is 25.2. The first-order valence-corrected chi connectivity index (χ1v) is 5.32. The third kappa shape index (κ3) is 2.47. The van der Waals surface area contributed by atoms with Crippen LogP contribution >= 0.6 is 0 Å². The van der Waals surface area contributed by atoms with Crippen molar-refractivity contribution in [2.45, 2.75) is 33.7 Å². The average molecular weight is 198 g/mol. The van der Waals surface area contributed by atoms with Crippen LogP contribution in [0, 0.1) is 5.41 Å². The maximum atomic E-state index is 12.0. The van der Waals surface area contributed by atoms with Crippen LogP contribution in [-0.4, -0.2) is 48.4 Å². The number of carbonyl (C=O) groups is 1. The van der Waals surface area contributed by atoms with Gasteiger partial charge in [-0.2, -0.15) is 0 Å². The maximum absolute atomic E-state index is 12.0. The third-order valence-corrected chi connectivity index (χ3v) is 2.73. The monoisotopic (exact) mass is 198 g/mol. The molecule has 0 aromatic carbocycles. The summed E-state index contributed by atoms with van der Waals surface area (Å²) in [6.45, 7) is 10.9. The molecular weight excluding hydrogens is 176 g/mol. The van der Waals surface area contributed by atoms with Gasteiger partial charge in [0.05, 0.1) is 0 Å². The summed E-state index contributed by atoms with van der Waals surface area (Å²) in [5.74, 6) is 0.276. The molecule has 0 bridgehead atoms. The largest absolute Gasteiger partial charge is 0.337 e. The van der Waals surface area contributed by atoms with Crippen molar-refractivity contribution in [3.05, 3.63) is 0 Å². The Morgan fingerprint density at radius 1 is 1.29 bits per heavy atom. The Hall–Kier alpha value is -0.570. The van der Waals surface area contributed by atoms with Gasteiger partial charge in [0, 0.05) is 31.1 Å². The molecule has 0 N–H and O–H groups in total. The van der Waals surface area contributed by atoms with Gasteiger partial charge in [-0.15, -0.1) is 0 Å². The molecule has 82 valence electrons. The average Bonchev–Trinajstić information content (AvgIpc) is 2.01. The van der Waals surface area contributed by atoms with Crippen molar-refractivity contribution in [3.63, 3.8) is 0 Å². The minimum absolute atomic E-state index is 0.246. The van der Waals surface area contributed by atoms with Gasteiger partial charge < -0.3 is 9.80 Å². The molecule has 1 rings (SSSR count). The van der Waals surface area contributed by atoms with Crippen LogP contribution in [0.15, 0.2) is 0 Å². The fourth-order valence-electron chi connectivity index (χ4n) is 1.87. The molecule has 0 aliphatic carbocycles. The maximum Gasteiger partial charge on any atom is 0.228 e. The van der Waals surface area contributed by atoms with E-state index in [2.05, 4.69) is 18.9 Å². The quantitative estimate of drug-likeness (QED) is 0.584. The number of piperazine rings is 1. The van der Waals surface area contributed by atoms with E-state index in [0.717, 1.165) is 19.6 Å². The zero-order chi connectivity index (χ0) is 10.9. The standard InChI is InChI=1S/C11H22N2O/c1-9-8-12(5)6-7-13(9)10(14)11(2,3)4/h9H,6-8H2,1-5H3. The van der Waals surface area contributed by atoms with E-state index in [-0.39, 0.29) is 11.3 Å². The smallest absolute Gasteiger partial charge is 0.228 e. The number of hydrogen-bond donors (Lipinski definition) is 0. The van der Waals surface area contributed by atoms with E-state index in [9.17, 15) is 4.79 Å². The predicted octanol–water partition coefficient (Wildman–Crippen LogP) is 1.19. The number of carbonyl (C=O) groups excluding carboxylic acids is 1. The highest BCUT2D eigenvalue weighted by molar-refractivity contribution is 5.81. The topological polar surface area (TPSA) is 23.6 Å². The summed E-state index contributed by atoms with van der Waals surface area (Å²) in [4.78, 5) is 16.3. The van der Waals surface area contributed by atoms with E-state index >= 15 is 0 Å². The molecule has 14 heavy (non-hydrogen) atoms. The highest BCUT2D eigenvalue weighted by atomic mass is 16.2. The summed E-state index contributed by atoms with van der Waals surface area (Å²) in [5, 5.41) is 0. The van der Waals surface area contributed by atoms with Gasteiger partial charge in [-0.1, -0.05) is 20.8 Å². The van der Waals surface area contributed by atoms with Crippen molar-refractivity contribution in [2.24, 2.45) is 5.41 Å². The summed E-state index contributed by atoms with van der Waals surface area (Å²) in [6.07, 6.45) is 0. The second kappa shape index (κ2) is 3.89. The van der Waals surface area contributed by atoms with E-state index < -0.39 is 0 Å². The summed E-state index contributed by atoms with van der Waals surface area (Å²) in [7, 11) is 2.11. The molecule has 1 heterocycles. The molecule has 0 aromatic rings. The van der Waals surface area contributed by atoms with Gasteiger partial charge >= 0.3 is 0 Å². The minimum Gasteiger partial charge on any atom is -0.337 e. The van der Waals surface area contributed by atoms with E-state index in [1.807, 2.05) is 25.7 Å². The first-order valence-electron chi connectivity index (χ1n) is 5.32. The lowest BCUT2D eigenvalue weighted by atomic mass is 9.93. The van der Waals surface area contributed by atoms with Gasteiger partial charge in [0.1, 0.15) is 0 Å². The minimum atomic E-state index is -0.246. The van der Waals surface area contributed by atoms with Crippen LogP contribution in [-0.2, 0) is 4.79 Å². The van der Waals surface area contributed by atoms with Gasteiger partial charge in [0.15, 0.2) is 0 Å². The van der Waals surface area contributed by atoms with Gasteiger partial charge in [0.2, 0.25) is 5.91 Å². The Kier molecular flexibility index (Phi) is 3.20. The molecular formula is C11H22N2O. The van der Waals surface area contributed by atoms with Gasteiger partial charge in [-0.25, -0.2) is 0 Å². The highest BCUT2D eigenvalue weighted by Crippen LogP contribution is 2.20. The lowest BCUT2D eigenvalue weighted by Crippen LogP contribution is -2.55. The molecule has 0 radical (unpaired) electrons. The SMILES string of the molecule is CC1CN(C)CCN1C(=O)C(C)(C)C. The van der Waals surface area contributed by atoms with Gasteiger partial charge in [-0.3, -0.25) is 4.79 Å². The Balaban J connectivity index is 2.65. The Labute approximate surface area is 87.1 Å². The summed E-state index contributed by atoms with van der Waals surface area (Å²) < 4.78 is 0. The molecule has 1 atom stereocenters. The van der Waals surface area contributed by atoms with E-state index in [0.29, 0.717) is 6.04 Å². The van der Waals surface area contributed by atoms with Crippen molar-refractivity contribution in [3.8, 4) is 0 Å². The van der Waals surface area contributed by atoms with Crippen molar-refractivity contribution >= 4 is 5.91 Å². The van der Waals surface area contributed by atoms with Crippen LogP contribution in [0.3, 0.4) is 0 Å². The molecule has 3 heteroatoms. The summed E-state index contributed by atoms with van der Waals surface area (Å²) >= 11 is 0. The van der Waals surface area contributed by atoms with E-state index in [1.54, 1.807) is 0 Å². The lowest BCUT2D eigenvalue weighted by molar-refractivity contribution is -0.143. The van der Waals surface area contributed by atoms with Crippen molar-refractivity contribution in [2.75, 3.05) is 26.7 Å². The number of amides is 1. The molecule has 1 saturated heterocycles. The Bertz CT molecular complexity index is 220. The van der Waals surface area contributed by atoms with Crippen LogP contribution in [0.2, 0.25) is 0 Å². The molecule has 0 saturated carbocycles. The molecule has 1 unspecified atom stereocenters. The first-order chi connectivity index (χ1) is 6.32. The van der Waals surface area contributed by atoms with Gasteiger partial charge in [-0.05, 0) is 14.0 Å². The zero-order valence-corrected chi connectivity index (χ0v) is 10.0. The molecule has 1 fully saturated rings. The molecule has 1 aliphatic rings. The van der Waals surface area contributed by atoms with Crippen LogP contribution in [0.25, 0.3) is 0 Å². The number of hydrogen-bond acceptors (Lipinski definition) is 2. The summed E-state index contributed by atoms with van der Waals surface area (Å²) in [5.41, 5.74) is -0.246. The van der Waals surface area contributed by atoms with Crippen molar-refractivity contribution < 1.29 is 4.79 Å². The molecule has 3 nitrogen and oxygen atoms in total. The van der Waals surface area contributed by atoms with Gasteiger partial charge in [0.25, 0.3) is 0 Å².